The van der Waals surface area contributed by atoms with Crippen molar-refractivity contribution in [2.24, 2.45) is 11.7 Å². The van der Waals surface area contributed by atoms with E-state index in [0.29, 0.717) is 11.5 Å². The molecule has 0 aliphatic carbocycles. The van der Waals surface area contributed by atoms with Gasteiger partial charge >= 0.3 is 0 Å². The van der Waals surface area contributed by atoms with Gasteiger partial charge in [-0.3, -0.25) is 4.79 Å². The zero-order chi connectivity index (χ0) is 18.7. The van der Waals surface area contributed by atoms with Gasteiger partial charge in [-0.1, -0.05) is 54.0 Å². The number of piperidine rings is 1. The molecule has 2 N–H and O–H groups in total. The van der Waals surface area contributed by atoms with Crippen LogP contribution in [0.5, 0.6) is 0 Å². The van der Waals surface area contributed by atoms with Crippen molar-refractivity contribution in [3.63, 3.8) is 0 Å². The van der Waals surface area contributed by atoms with E-state index in [1.807, 2.05) is 12.1 Å². The first-order valence-corrected chi connectivity index (χ1v) is 10.0. The van der Waals surface area contributed by atoms with Gasteiger partial charge in [0.2, 0.25) is 5.91 Å². The quantitative estimate of drug-likeness (QED) is 0.788. The number of nitrogens with zero attached hydrogens (tertiary/aromatic N) is 1. The minimum absolute atomic E-state index is 0.0811. The maximum Gasteiger partial charge on any atom is 0.248 e. The topological polar surface area (TPSA) is 46.3 Å². The number of halogens is 1. The number of rotatable bonds is 5. The van der Waals surface area contributed by atoms with Gasteiger partial charge in [0.05, 0.1) is 0 Å². The van der Waals surface area contributed by atoms with Gasteiger partial charge in [-0.2, -0.15) is 0 Å². The second-order valence-electron chi connectivity index (χ2n) is 7.69. The average molecular weight is 415 g/mol. The van der Waals surface area contributed by atoms with Crippen LogP contribution in [0.2, 0.25) is 0 Å². The van der Waals surface area contributed by atoms with Crippen molar-refractivity contribution >= 4 is 21.8 Å². The molecule has 2 aromatic carbocycles. The summed E-state index contributed by atoms with van der Waals surface area (Å²) < 4.78 is 1.14. The maximum atomic E-state index is 11.5. The standard InChI is InChI=1S/C22H27BrN2O/c1-16-15-25(11-9-17-5-3-8-20(23)13-17)12-10-22(16,2)19-7-4-6-18(14-19)21(24)26/h3-8,13-14,16H,9-12,15H2,1-2H3,(H2,24,26)/t16-,22-/m0/s1. The van der Waals surface area contributed by atoms with Gasteiger partial charge < -0.3 is 10.6 Å². The molecule has 0 spiro atoms. The molecule has 138 valence electrons. The molecule has 2 aromatic rings. The van der Waals surface area contributed by atoms with Crippen LogP contribution in [0.4, 0.5) is 0 Å². The predicted molar refractivity (Wildman–Crippen MR) is 110 cm³/mol. The molecule has 2 atom stereocenters. The summed E-state index contributed by atoms with van der Waals surface area (Å²) in [5, 5.41) is 0. The Morgan fingerprint density at radius 1 is 1.27 bits per heavy atom. The number of carbonyl (C=O) groups excluding carboxylic acids is 1. The molecule has 0 aromatic heterocycles. The molecular formula is C22H27BrN2O. The van der Waals surface area contributed by atoms with Crippen molar-refractivity contribution < 1.29 is 4.79 Å². The number of carbonyl (C=O) groups is 1. The second kappa shape index (κ2) is 7.93. The molecule has 0 saturated carbocycles. The third-order valence-electron chi connectivity index (χ3n) is 5.98. The highest BCUT2D eigenvalue weighted by atomic mass is 79.9. The predicted octanol–water partition coefficient (Wildman–Crippen LogP) is 4.39. The van der Waals surface area contributed by atoms with Gasteiger partial charge in [0.25, 0.3) is 0 Å². The first kappa shape index (κ1) is 19.1. The van der Waals surface area contributed by atoms with E-state index in [1.165, 1.54) is 11.1 Å². The number of primary amides is 1. The van der Waals surface area contributed by atoms with E-state index in [9.17, 15) is 4.79 Å². The fourth-order valence-corrected chi connectivity index (χ4v) is 4.40. The van der Waals surface area contributed by atoms with Crippen LogP contribution in [0, 0.1) is 5.92 Å². The Labute approximate surface area is 164 Å². The van der Waals surface area contributed by atoms with Crippen LogP contribution in [0.15, 0.2) is 53.0 Å². The van der Waals surface area contributed by atoms with Crippen LogP contribution in [-0.2, 0) is 11.8 Å². The minimum Gasteiger partial charge on any atom is -0.366 e. The number of hydrogen-bond acceptors (Lipinski definition) is 2. The van der Waals surface area contributed by atoms with Gasteiger partial charge in [0.15, 0.2) is 0 Å². The van der Waals surface area contributed by atoms with Crippen LogP contribution >= 0.6 is 15.9 Å². The second-order valence-corrected chi connectivity index (χ2v) is 8.61. The Kier molecular flexibility index (Phi) is 5.83. The van der Waals surface area contributed by atoms with Gasteiger partial charge in [0, 0.05) is 23.1 Å². The molecule has 1 amide bonds. The lowest BCUT2D eigenvalue weighted by Gasteiger charge is -2.45. The zero-order valence-electron chi connectivity index (χ0n) is 15.5. The summed E-state index contributed by atoms with van der Waals surface area (Å²) in [7, 11) is 0. The van der Waals surface area contributed by atoms with E-state index >= 15 is 0 Å². The van der Waals surface area contributed by atoms with Crippen molar-refractivity contribution in [2.75, 3.05) is 19.6 Å². The molecule has 26 heavy (non-hydrogen) atoms. The Morgan fingerprint density at radius 2 is 2.04 bits per heavy atom. The number of hydrogen-bond donors (Lipinski definition) is 1. The Morgan fingerprint density at radius 3 is 2.73 bits per heavy atom. The third-order valence-corrected chi connectivity index (χ3v) is 6.47. The molecule has 0 radical (unpaired) electrons. The van der Waals surface area contributed by atoms with Crippen LogP contribution < -0.4 is 5.73 Å². The molecule has 1 heterocycles. The molecule has 1 saturated heterocycles. The number of benzene rings is 2. The first-order chi connectivity index (χ1) is 12.4. The highest BCUT2D eigenvalue weighted by Crippen LogP contribution is 2.39. The van der Waals surface area contributed by atoms with Crippen molar-refractivity contribution in [3.8, 4) is 0 Å². The van der Waals surface area contributed by atoms with Gasteiger partial charge in [0.1, 0.15) is 0 Å². The van der Waals surface area contributed by atoms with Crippen LogP contribution in [0.1, 0.15) is 41.8 Å². The molecule has 4 heteroatoms. The van der Waals surface area contributed by atoms with Gasteiger partial charge in [-0.05, 0) is 66.1 Å². The summed E-state index contributed by atoms with van der Waals surface area (Å²) >= 11 is 3.55. The van der Waals surface area contributed by atoms with Gasteiger partial charge in [-0.15, -0.1) is 0 Å². The summed E-state index contributed by atoms with van der Waals surface area (Å²) in [6.45, 7) is 7.88. The molecular weight excluding hydrogens is 388 g/mol. The number of likely N-dealkylation sites (tertiary alicyclic amines) is 1. The Balaban J connectivity index is 1.66. The highest BCUT2D eigenvalue weighted by molar-refractivity contribution is 9.10. The number of nitrogens with two attached hydrogens (primary N) is 1. The Hall–Kier alpha value is -1.65. The maximum absolute atomic E-state index is 11.5. The Bertz CT molecular complexity index is 791. The zero-order valence-corrected chi connectivity index (χ0v) is 17.1. The molecule has 3 rings (SSSR count). The lowest BCUT2D eigenvalue weighted by atomic mass is 9.68. The fraction of sp³-hybridized carbons (Fsp3) is 0.409. The SMILES string of the molecule is C[C@H]1CN(CCc2cccc(Br)c2)CC[C@]1(C)c1cccc(C(N)=O)c1. The summed E-state index contributed by atoms with van der Waals surface area (Å²) in [6, 6.07) is 16.4. The van der Waals surface area contributed by atoms with Crippen molar-refractivity contribution in [1.82, 2.24) is 4.90 Å². The smallest absolute Gasteiger partial charge is 0.248 e. The average Bonchev–Trinajstić information content (AvgIpc) is 2.63. The third kappa shape index (κ3) is 4.18. The van der Waals surface area contributed by atoms with Crippen molar-refractivity contribution in [1.29, 1.82) is 0 Å². The van der Waals surface area contributed by atoms with Gasteiger partial charge in [-0.25, -0.2) is 0 Å². The molecule has 1 aliphatic heterocycles. The lowest BCUT2D eigenvalue weighted by molar-refractivity contribution is 0.0998. The fourth-order valence-electron chi connectivity index (χ4n) is 3.96. The number of amides is 1. The van der Waals surface area contributed by atoms with E-state index in [2.05, 4.69) is 65.0 Å². The van der Waals surface area contributed by atoms with E-state index < -0.39 is 0 Å². The molecule has 1 fully saturated rings. The summed E-state index contributed by atoms with van der Waals surface area (Å²) in [5.74, 6) is 0.163. The first-order valence-electron chi connectivity index (χ1n) is 9.25. The van der Waals surface area contributed by atoms with E-state index in [4.69, 9.17) is 5.73 Å². The van der Waals surface area contributed by atoms with Crippen molar-refractivity contribution in [3.05, 3.63) is 69.7 Å². The normalized spacial score (nSPS) is 23.7. The van der Waals surface area contributed by atoms with E-state index in [1.54, 1.807) is 6.07 Å². The van der Waals surface area contributed by atoms with Crippen LogP contribution in [-0.4, -0.2) is 30.4 Å². The largest absolute Gasteiger partial charge is 0.366 e. The molecule has 0 unspecified atom stereocenters. The summed E-state index contributed by atoms with van der Waals surface area (Å²) in [4.78, 5) is 14.1. The van der Waals surface area contributed by atoms with Crippen LogP contribution in [0.25, 0.3) is 0 Å². The summed E-state index contributed by atoms with van der Waals surface area (Å²) in [5.41, 5.74) is 8.75. The molecule has 1 aliphatic rings. The summed E-state index contributed by atoms with van der Waals surface area (Å²) in [6.07, 6.45) is 2.16. The minimum atomic E-state index is -0.352. The lowest BCUT2D eigenvalue weighted by Crippen LogP contribution is -2.47. The van der Waals surface area contributed by atoms with Crippen molar-refractivity contribution in [2.45, 2.75) is 32.1 Å². The molecule has 3 nitrogen and oxygen atoms in total. The van der Waals surface area contributed by atoms with Crippen LogP contribution in [0.3, 0.4) is 0 Å². The van der Waals surface area contributed by atoms with E-state index in [-0.39, 0.29) is 11.3 Å². The monoisotopic (exact) mass is 414 g/mol. The van der Waals surface area contributed by atoms with E-state index in [0.717, 1.165) is 36.9 Å². The molecule has 0 bridgehead atoms. The highest BCUT2D eigenvalue weighted by Gasteiger charge is 2.37.